The van der Waals surface area contributed by atoms with Crippen molar-refractivity contribution in [3.8, 4) is 0 Å². The van der Waals surface area contributed by atoms with Crippen molar-refractivity contribution in [1.82, 2.24) is 15.6 Å². The lowest BCUT2D eigenvalue weighted by Gasteiger charge is -2.10. The van der Waals surface area contributed by atoms with Gasteiger partial charge in [-0.1, -0.05) is 0 Å². The third-order valence-corrected chi connectivity index (χ3v) is 4.95. The summed E-state index contributed by atoms with van der Waals surface area (Å²) >= 11 is 1.79. The number of nitrogens with zero attached hydrogens (tertiary/aromatic N) is 2. The third-order valence-electron chi connectivity index (χ3n) is 3.82. The first-order valence-corrected chi connectivity index (χ1v) is 9.53. The van der Waals surface area contributed by atoms with Gasteiger partial charge in [-0.2, -0.15) is 0 Å². The highest BCUT2D eigenvalue weighted by Crippen LogP contribution is 2.28. The lowest BCUT2D eigenvalue weighted by molar-refractivity contribution is 0.123. The number of guanidine groups is 1. The molecule has 1 aliphatic rings. The number of aliphatic imine (C=N–C) groups is 1. The van der Waals surface area contributed by atoms with Gasteiger partial charge in [0.2, 0.25) is 0 Å². The van der Waals surface area contributed by atoms with Crippen molar-refractivity contribution in [2.45, 2.75) is 46.5 Å². The van der Waals surface area contributed by atoms with Crippen LogP contribution in [0.5, 0.6) is 0 Å². The van der Waals surface area contributed by atoms with Crippen LogP contribution < -0.4 is 10.6 Å². The van der Waals surface area contributed by atoms with Crippen molar-refractivity contribution < 1.29 is 4.74 Å². The zero-order chi connectivity index (χ0) is 16.5. The number of nitrogens with one attached hydrogen (secondary N) is 2. The van der Waals surface area contributed by atoms with Crippen LogP contribution in [-0.2, 0) is 11.2 Å². The molecule has 1 aliphatic carbocycles. The van der Waals surface area contributed by atoms with Crippen molar-refractivity contribution in [2.75, 3.05) is 32.8 Å². The van der Waals surface area contributed by atoms with Gasteiger partial charge in [0.25, 0.3) is 0 Å². The molecule has 1 aromatic rings. The highest BCUT2D eigenvalue weighted by molar-refractivity contribution is 7.11. The second-order valence-corrected chi connectivity index (χ2v) is 7.35. The topological polar surface area (TPSA) is 58.5 Å². The summed E-state index contributed by atoms with van der Waals surface area (Å²) < 4.78 is 5.63. The number of thiazole rings is 1. The van der Waals surface area contributed by atoms with E-state index in [0.29, 0.717) is 0 Å². The molecule has 23 heavy (non-hydrogen) atoms. The summed E-state index contributed by atoms with van der Waals surface area (Å²) in [7, 11) is 0. The Labute approximate surface area is 144 Å². The van der Waals surface area contributed by atoms with Crippen LogP contribution in [0.2, 0.25) is 0 Å². The Morgan fingerprint density at radius 1 is 1.35 bits per heavy atom. The lowest BCUT2D eigenvalue weighted by Crippen LogP contribution is -2.38. The fourth-order valence-electron chi connectivity index (χ4n) is 2.17. The normalized spacial score (nSPS) is 15.0. The molecule has 0 radical (unpaired) electrons. The molecule has 0 amide bonds. The lowest BCUT2D eigenvalue weighted by atomic mass is 10.4. The first kappa shape index (κ1) is 18.2. The van der Waals surface area contributed by atoms with E-state index < -0.39 is 0 Å². The van der Waals surface area contributed by atoms with Crippen molar-refractivity contribution >= 4 is 17.3 Å². The summed E-state index contributed by atoms with van der Waals surface area (Å²) in [5.74, 6) is 1.73. The first-order chi connectivity index (χ1) is 11.2. The van der Waals surface area contributed by atoms with Crippen LogP contribution in [0.25, 0.3) is 0 Å². The van der Waals surface area contributed by atoms with E-state index in [2.05, 4.69) is 41.4 Å². The van der Waals surface area contributed by atoms with Crippen molar-refractivity contribution in [1.29, 1.82) is 0 Å². The Bertz CT molecular complexity index is 477. The molecule has 0 bridgehead atoms. The molecule has 5 nitrogen and oxygen atoms in total. The molecule has 0 spiro atoms. The number of ether oxygens (including phenoxy) is 1. The predicted molar refractivity (Wildman–Crippen MR) is 97.4 cm³/mol. The Morgan fingerprint density at radius 2 is 2.17 bits per heavy atom. The van der Waals surface area contributed by atoms with Crippen molar-refractivity contribution in [3.63, 3.8) is 0 Å². The zero-order valence-corrected chi connectivity index (χ0v) is 15.5. The van der Waals surface area contributed by atoms with Gasteiger partial charge in [-0.05, 0) is 46.0 Å². The highest BCUT2D eigenvalue weighted by Gasteiger charge is 2.20. The van der Waals surface area contributed by atoms with E-state index in [9.17, 15) is 0 Å². The predicted octanol–water partition coefficient (Wildman–Crippen LogP) is 2.67. The molecule has 6 heteroatoms. The van der Waals surface area contributed by atoms with E-state index in [1.807, 2.05) is 0 Å². The molecule has 0 aliphatic heterocycles. The maximum absolute atomic E-state index is 5.63. The Balaban J connectivity index is 1.61. The van der Waals surface area contributed by atoms with E-state index in [0.717, 1.165) is 63.3 Å². The van der Waals surface area contributed by atoms with Crippen LogP contribution in [0.1, 0.15) is 41.8 Å². The summed E-state index contributed by atoms with van der Waals surface area (Å²) in [6, 6.07) is 0. The average molecular weight is 339 g/mol. The van der Waals surface area contributed by atoms with Crippen LogP contribution in [0.4, 0.5) is 0 Å². The smallest absolute Gasteiger partial charge is 0.191 e. The number of hydrogen-bond acceptors (Lipinski definition) is 4. The third kappa shape index (κ3) is 7.31. The average Bonchev–Trinajstić information content (AvgIpc) is 3.29. The summed E-state index contributed by atoms with van der Waals surface area (Å²) in [5.41, 5.74) is 1.15. The van der Waals surface area contributed by atoms with Crippen LogP contribution >= 0.6 is 11.3 Å². The second-order valence-electron chi connectivity index (χ2n) is 6.06. The van der Waals surface area contributed by atoms with Gasteiger partial charge in [0.05, 0.1) is 10.7 Å². The van der Waals surface area contributed by atoms with Gasteiger partial charge in [0.15, 0.2) is 5.96 Å². The molecule has 1 saturated carbocycles. The zero-order valence-electron chi connectivity index (χ0n) is 14.7. The van der Waals surface area contributed by atoms with Gasteiger partial charge in [-0.25, -0.2) is 4.98 Å². The molecular weight excluding hydrogens is 308 g/mol. The molecule has 130 valence electrons. The SMILES string of the molecule is CCNC(=NCCCOCC1CC1)NCCc1nc(C)c(C)s1. The van der Waals surface area contributed by atoms with Gasteiger partial charge in [0, 0.05) is 44.1 Å². The Kier molecular flexibility index (Phi) is 7.82. The van der Waals surface area contributed by atoms with Crippen LogP contribution in [0, 0.1) is 19.8 Å². The minimum absolute atomic E-state index is 0.801. The largest absolute Gasteiger partial charge is 0.381 e. The molecule has 0 saturated heterocycles. The maximum Gasteiger partial charge on any atom is 0.191 e. The quantitative estimate of drug-likeness (QED) is 0.391. The summed E-state index contributed by atoms with van der Waals surface area (Å²) in [5, 5.41) is 7.86. The van der Waals surface area contributed by atoms with E-state index in [1.54, 1.807) is 11.3 Å². The van der Waals surface area contributed by atoms with E-state index in [1.165, 1.54) is 22.7 Å². The Hall–Kier alpha value is -1.14. The number of aromatic nitrogens is 1. The van der Waals surface area contributed by atoms with E-state index in [-0.39, 0.29) is 0 Å². The monoisotopic (exact) mass is 338 g/mol. The first-order valence-electron chi connectivity index (χ1n) is 8.72. The van der Waals surface area contributed by atoms with Crippen LogP contribution in [0.3, 0.4) is 0 Å². The van der Waals surface area contributed by atoms with Gasteiger partial charge in [-0.3, -0.25) is 4.99 Å². The molecule has 2 rings (SSSR count). The van der Waals surface area contributed by atoms with Crippen molar-refractivity contribution in [2.24, 2.45) is 10.9 Å². The maximum atomic E-state index is 5.63. The van der Waals surface area contributed by atoms with E-state index in [4.69, 9.17) is 4.74 Å². The fourth-order valence-corrected chi connectivity index (χ4v) is 3.10. The molecular formula is C17H30N4OS. The van der Waals surface area contributed by atoms with Gasteiger partial charge < -0.3 is 15.4 Å². The molecule has 1 aromatic heterocycles. The Morgan fingerprint density at radius 3 is 2.83 bits per heavy atom. The molecule has 0 aromatic carbocycles. The number of rotatable bonds is 10. The van der Waals surface area contributed by atoms with Crippen LogP contribution in [0.15, 0.2) is 4.99 Å². The standard InChI is InChI=1S/C17H30N4OS/c1-4-18-17(19-9-5-11-22-12-15-6-7-15)20-10-8-16-21-13(2)14(3)23-16/h15H,4-12H2,1-3H3,(H2,18,19,20). The van der Waals surface area contributed by atoms with Crippen molar-refractivity contribution in [3.05, 3.63) is 15.6 Å². The molecule has 2 N–H and O–H groups in total. The summed E-state index contributed by atoms with van der Waals surface area (Å²) in [4.78, 5) is 10.5. The number of hydrogen-bond donors (Lipinski definition) is 2. The van der Waals surface area contributed by atoms with Gasteiger partial charge in [-0.15, -0.1) is 11.3 Å². The van der Waals surface area contributed by atoms with Crippen LogP contribution in [-0.4, -0.2) is 43.8 Å². The minimum atomic E-state index is 0.801. The van der Waals surface area contributed by atoms with E-state index >= 15 is 0 Å². The second kappa shape index (κ2) is 9.88. The molecule has 0 atom stereocenters. The number of aryl methyl sites for hydroxylation is 2. The highest BCUT2D eigenvalue weighted by atomic mass is 32.1. The summed E-state index contributed by atoms with van der Waals surface area (Å²) in [6.07, 6.45) is 4.62. The van der Waals surface area contributed by atoms with Gasteiger partial charge in [0.1, 0.15) is 0 Å². The summed E-state index contributed by atoms with van der Waals surface area (Å²) in [6.45, 7) is 10.6. The van der Waals surface area contributed by atoms with Gasteiger partial charge >= 0.3 is 0 Å². The molecule has 0 unspecified atom stereocenters. The minimum Gasteiger partial charge on any atom is -0.381 e. The fraction of sp³-hybridized carbons (Fsp3) is 0.765. The molecule has 1 fully saturated rings. The molecule has 1 heterocycles.